The monoisotopic (exact) mass is 469 g/mol. The van der Waals surface area contributed by atoms with Crippen LogP contribution in [0.15, 0.2) is 71.2 Å². The molecule has 3 aromatic rings. The summed E-state index contributed by atoms with van der Waals surface area (Å²) < 4.78 is 16.7. The molecule has 0 bridgehead atoms. The Morgan fingerprint density at radius 2 is 1.47 bits per heavy atom. The quantitative estimate of drug-likeness (QED) is 0.508. The maximum Gasteiger partial charge on any atom is 0.225 e. The Labute approximate surface area is 185 Å². The minimum absolute atomic E-state index is 0.104. The van der Waals surface area contributed by atoms with Crippen molar-refractivity contribution in [2.75, 3.05) is 21.3 Å². The third-order valence-electron chi connectivity index (χ3n) is 4.79. The summed E-state index contributed by atoms with van der Waals surface area (Å²) in [7, 11) is 4.78. The van der Waals surface area contributed by atoms with E-state index in [1.807, 2.05) is 60.7 Å². The summed E-state index contributed by atoms with van der Waals surface area (Å²) in [5, 5.41) is 3.16. The second-order valence-electron chi connectivity index (χ2n) is 6.66. The number of halogens is 1. The summed E-state index contributed by atoms with van der Waals surface area (Å²) in [6.07, 6.45) is 0.195. The van der Waals surface area contributed by atoms with E-state index in [0.29, 0.717) is 11.5 Å². The van der Waals surface area contributed by atoms with Gasteiger partial charge in [-0.15, -0.1) is 0 Å². The molecular weight excluding hydrogens is 446 g/mol. The number of rotatable bonds is 8. The van der Waals surface area contributed by atoms with Gasteiger partial charge in [0.05, 0.1) is 33.8 Å². The molecule has 0 aromatic heterocycles. The molecule has 0 saturated carbocycles. The number of amides is 1. The van der Waals surface area contributed by atoms with Gasteiger partial charge in [0.15, 0.2) is 11.5 Å². The van der Waals surface area contributed by atoms with Crippen LogP contribution in [0, 0.1) is 0 Å². The second kappa shape index (κ2) is 10.2. The molecule has 30 heavy (non-hydrogen) atoms. The van der Waals surface area contributed by atoms with Crippen LogP contribution in [0.25, 0.3) is 0 Å². The number of methoxy groups -OCH3 is 3. The molecule has 0 spiro atoms. The Balaban J connectivity index is 1.85. The number of ether oxygens (including phenoxy) is 3. The smallest absolute Gasteiger partial charge is 0.225 e. The lowest BCUT2D eigenvalue weighted by Crippen LogP contribution is -2.30. The average Bonchev–Trinajstić information content (AvgIpc) is 2.79. The Morgan fingerprint density at radius 1 is 0.867 bits per heavy atom. The summed E-state index contributed by atoms with van der Waals surface area (Å²) >= 11 is 3.52. The molecule has 0 radical (unpaired) electrons. The fourth-order valence-corrected chi connectivity index (χ4v) is 3.68. The lowest BCUT2D eigenvalue weighted by Gasteiger charge is -2.21. The Morgan fingerprint density at radius 3 is 2.07 bits per heavy atom. The highest BCUT2D eigenvalue weighted by molar-refractivity contribution is 9.10. The molecule has 5 nitrogen and oxygen atoms in total. The zero-order chi connectivity index (χ0) is 21.5. The van der Waals surface area contributed by atoms with Crippen LogP contribution >= 0.6 is 15.9 Å². The molecule has 1 atom stereocenters. The molecule has 0 heterocycles. The van der Waals surface area contributed by atoms with Gasteiger partial charge in [0.2, 0.25) is 5.91 Å². The molecule has 0 saturated heterocycles. The van der Waals surface area contributed by atoms with Crippen LogP contribution in [-0.4, -0.2) is 27.2 Å². The highest BCUT2D eigenvalue weighted by atomic mass is 79.9. The molecule has 1 unspecified atom stereocenters. The zero-order valence-electron chi connectivity index (χ0n) is 17.1. The standard InChI is InChI=1S/C24H24BrNO4/c1-28-19-11-9-17(10-12-19)24(16-7-5-4-6-8-16)26-23(27)14-18-13-21(29-2)22(30-3)15-20(18)25/h4-13,15,24H,14H2,1-3H3,(H,26,27). The van der Waals surface area contributed by atoms with E-state index in [1.54, 1.807) is 27.4 Å². The van der Waals surface area contributed by atoms with E-state index in [0.717, 1.165) is 26.9 Å². The van der Waals surface area contributed by atoms with Crippen LogP contribution < -0.4 is 19.5 Å². The van der Waals surface area contributed by atoms with Crippen molar-refractivity contribution in [1.82, 2.24) is 5.32 Å². The highest BCUT2D eigenvalue weighted by Gasteiger charge is 2.19. The first-order chi connectivity index (χ1) is 14.5. The first-order valence-electron chi connectivity index (χ1n) is 9.44. The van der Waals surface area contributed by atoms with Crippen molar-refractivity contribution in [3.63, 3.8) is 0 Å². The Kier molecular flexibility index (Phi) is 7.36. The molecule has 0 aliphatic carbocycles. The zero-order valence-corrected chi connectivity index (χ0v) is 18.7. The van der Waals surface area contributed by atoms with Crippen molar-refractivity contribution in [1.29, 1.82) is 0 Å². The predicted octanol–water partition coefficient (Wildman–Crippen LogP) is 4.92. The molecule has 0 aliphatic rings. The van der Waals surface area contributed by atoms with Crippen molar-refractivity contribution in [2.45, 2.75) is 12.5 Å². The van der Waals surface area contributed by atoms with Crippen molar-refractivity contribution < 1.29 is 19.0 Å². The van der Waals surface area contributed by atoms with Gasteiger partial charge >= 0.3 is 0 Å². The molecule has 156 valence electrons. The van der Waals surface area contributed by atoms with Gasteiger partial charge in [0, 0.05) is 4.47 Å². The summed E-state index contributed by atoms with van der Waals surface area (Å²) in [6.45, 7) is 0. The maximum atomic E-state index is 13.0. The molecule has 3 aromatic carbocycles. The van der Waals surface area contributed by atoms with Crippen molar-refractivity contribution >= 4 is 21.8 Å². The van der Waals surface area contributed by atoms with Crippen molar-refractivity contribution in [3.05, 3.63) is 87.9 Å². The van der Waals surface area contributed by atoms with Gasteiger partial charge in [-0.3, -0.25) is 4.79 Å². The molecular formula is C24H24BrNO4. The Hall–Kier alpha value is -2.99. The number of carbonyl (C=O) groups is 1. The third-order valence-corrected chi connectivity index (χ3v) is 5.53. The average molecular weight is 470 g/mol. The van der Waals surface area contributed by atoms with Crippen molar-refractivity contribution in [3.8, 4) is 17.2 Å². The van der Waals surface area contributed by atoms with Crippen LogP contribution in [0.4, 0.5) is 0 Å². The number of benzene rings is 3. The van der Waals surface area contributed by atoms with Gasteiger partial charge in [-0.2, -0.15) is 0 Å². The molecule has 1 amide bonds. The Bertz CT molecular complexity index is 990. The van der Waals surface area contributed by atoms with E-state index in [-0.39, 0.29) is 18.4 Å². The van der Waals surface area contributed by atoms with E-state index >= 15 is 0 Å². The van der Waals surface area contributed by atoms with E-state index in [1.165, 1.54) is 0 Å². The minimum atomic E-state index is -0.275. The number of carbonyl (C=O) groups excluding carboxylic acids is 1. The van der Waals surface area contributed by atoms with E-state index < -0.39 is 0 Å². The van der Waals surface area contributed by atoms with Crippen LogP contribution in [0.3, 0.4) is 0 Å². The second-order valence-corrected chi connectivity index (χ2v) is 7.51. The van der Waals surface area contributed by atoms with Crippen LogP contribution in [0.2, 0.25) is 0 Å². The van der Waals surface area contributed by atoms with Gasteiger partial charge in [-0.05, 0) is 41.0 Å². The molecule has 6 heteroatoms. The SMILES string of the molecule is COc1ccc(C(NC(=O)Cc2cc(OC)c(OC)cc2Br)c2ccccc2)cc1. The van der Waals surface area contributed by atoms with E-state index in [2.05, 4.69) is 21.2 Å². The predicted molar refractivity (Wildman–Crippen MR) is 120 cm³/mol. The van der Waals surface area contributed by atoms with E-state index in [9.17, 15) is 4.79 Å². The molecule has 0 aliphatic heterocycles. The van der Waals surface area contributed by atoms with Gasteiger partial charge in [0.1, 0.15) is 5.75 Å². The first kappa shape index (κ1) is 21.7. The lowest BCUT2D eigenvalue weighted by atomic mass is 9.98. The summed E-state index contributed by atoms with van der Waals surface area (Å²) in [6, 6.07) is 20.9. The third kappa shape index (κ3) is 5.13. The molecule has 0 fully saturated rings. The van der Waals surface area contributed by atoms with E-state index in [4.69, 9.17) is 14.2 Å². The highest BCUT2D eigenvalue weighted by Crippen LogP contribution is 2.33. The summed E-state index contributed by atoms with van der Waals surface area (Å²) in [5.74, 6) is 1.85. The van der Waals surface area contributed by atoms with Gasteiger partial charge in [0.25, 0.3) is 0 Å². The molecule has 3 rings (SSSR count). The van der Waals surface area contributed by atoms with Gasteiger partial charge < -0.3 is 19.5 Å². The van der Waals surface area contributed by atoms with Gasteiger partial charge in [-0.1, -0.05) is 58.4 Å². The van der Waals surface area contributed by atoms with Gasteiger partial charge in [-0.25, -0.2) is 0 Å². The minimum Gasteiger partial charge on any atom is -0.497 e. The maximum absolute atomic E-state index is 13.0. The first-order valence-corrected chi connectivity index (χ1v) is 10.2. The summed E-state index contributed by atoms with van der Waals surface area (Å²) in [5.41, 5.74) is 2.79. The number of hydrogen-bond donors (Lipinski definition) is 1. The normalized spacial score (nSPS) is 11.5. The van der Waals surface area contributed by atoms with Crippen LogP contribution in [0.1, 0.15) is 22.7 Å². The number of nitrogens with one attached hydrogen (secondary N) is 1. The molecule has 1 N–H and O–H groups in total. The van der Waals surface area contributed by atoms with Crippen LogP contribution in [-0.2, 0) is 11.2 Å². The fraction of sp³-hybridized carbons (Fsp3) is 0.208. The largest absolute Gasteiger partial charge is 0.497 e. The summed E-state index contributed by atoms with van der Waals surface area (Å²) in [4.78, 5) is 13.0. The fourth-order valence-electron chi connectivity index (χ4n) is 3.22. The topological polar surface area (TPSA) is 56.8 Å². The van der Waals surface area contributed by atoms with Crippen molar-refractivity contribution in [2.24, 2.45) is 0 Å². The van der Waals surface area contributed by atoms with Crippen LogP contribution in [0.5, 0.6) is 17.2 Å². The lowest BCUT2D eigenvalue weighted by molar-refractivity contribution is -0.120. The number of hydrogen-bond acceptors (Lipinski definition) is 4.